The maximum absolute atomic E-state index is 11.5. The van der Waals surface area contributed by atoms with Gasteiger partial charge in [0.2, 0.25) is 0 Å². The van der Waals surface area contributed by atoms with Crippen molar-refractivity contribution in [1.29, 1.82) is 0 Å². The van der Waals surface area contributed by atoms with Gasteiger partial charge in [0.15, 0.2) is 14.0 Å². The predicted octanol–water partition coefficient (Wildman–Crippen LogP) is 1.15. The maximum Gasteiger partial charge on any atom is 0.171 e. The van der Waals surface area contributed by atoms with E-state index in [1.54, 1.807) is 0 Å². The van der Waals surface area contributed by atoms with Gasteiger partial charge < -0.3 is 5.11 Å². The number of hydrogen-bond acceptors (Lipinski definition) is 3. The molecule has 78 valence electrons. The molecule has 0 bridgehead atoms. The van der Waals surface area contributed by atoms with Gasteiger partial charge in [-0.15, -0.1) is 0 Å². The molecule has 1 N–H and O–H groups in total. The quantitative estimate of drug-likeness (QED) is 0.732. The van der Waals surface area contributed by atoms with E-state index in [0.29, 0.717) is 0 Å². The Balaban J connectivity index is 2.85. The zero-order valence-electron chi connectivity index (χ0n) is 7.83. The lowest BCUT2D eigenvalue weighted by atomic mass is 10.2. The Hall–Kier alpha value is 0.200. The van der Waals surface area contributed by atoms with Crippen molar-refractivity contribution in [2.75, 3.05) is 5.75 Å². The number of aliphatic hydroxyl groups is 1. The van der Waals surface area contributed by atoms with E-state index >= 15 is 0 Å². The topological polar surface area (TPSA) is 54.4 Å². The fraction of sp³-hybridized carbons (Fsp3) is 1.00. The molecular weight excluding hydrogens is 212 g/mol. The van der Waals surface area contributed by atoms with E-state index in [1.807, 2.05) is 0 Å². The lowest BCUT2D eigenvalue weighted by molar-refractivity contribution is 0.137. The number of aliphatic hydroxyl groups excluding tert-OH is 1. The van der Waals surface area contributed by atoms with Crippen molar-refractivity contribution < 1.29 is 13.5 Å². The Bertz CT molecular complexity index is 280. The molecule has 1 rings (SSSR count). The van der Waals surface area contributed by atoms with Gasteiger partial charge in [-0.25, -0.2) is 8.42 Å². The molecule has 0 aromatic rings. The molecule has 0 unspecified atom stereocenters. The van der Waals surface area contributed by atoms with Crippen molar-refractivity contribution in [3.05, 3.63) is 0 Å². The van der Waals surface area contributed by atoms with E-state index in [2.05, 4.69) is 0 Å². The molecule has 13 heavy (non-hydrogen) atoms. The maximum atomic E-state index is 11.5. The summed E-state index contributed by atoms with van der Waals surface area (Å²) in [7, 11) is -3.39. The van der Waals surface area contributed by atoms with Crippen LogP contribution in [0.4, 0.5) is 0 Å². The molecule has 5 heteroatoms. The Kier molecular flexibility index (Phi) is 2.95. The molecule has 1 saturated carbocycles. The van der Waals surface area contributed by atoms with Crippen LogP contribution < -0.4 is 0 Å². The highest BCUT2D eigenvalue weighted by atomic mass is 35.5. The lowest BCUT2D eigenvalue weighted by Crippen LogP contribution is -2.43. The summed E-state index contributed by atoms with van der Waals surface area (Å²) in [6, 6.07) is 0. The first-order chi connectivity index (χ1) is 5.83. The number of rotatable bonds is 4. The second kappa shape index (κ2) is 3.41. The second-order valence-corrected chi connectivity index (χ2v) is 7.34. The number of sulfone groups is 1. The van der Waals surface area contributed by atoms with Crippen LogP contribution in [-0.4, -0.2) is 29.6 Å². The van der Waals surface area contributed by atoms with Crippen molar-refractivity contribution in [2.45, 2.75) is 37.0 Å². The predicted molar refractivity (Wildman–Crippen MR) is 52.4 cm³/mol. The number of hydrogen-bond donors (Lipinski definition) is 1. The monoisotopic (exact) mass is 226 g/mol. The van der Waals surface area contributed by atoms with Crippen molar-refractivity contribution in [2.24, 2.45) is 5.92 Å². The summed E-state index contributed by atoms with van der Waals surface area (Å²) in [6.07, 6.45) is 0.824. The zero-order chi connectivity index (χ0) is 10.3. The van der Waals surface area contributed by atoms with Crippen LogP contribution in [0.2, 0.25) is 0 Å². The minimum atomic E-state index is -3.39. The first kappa shape index (κ1) is 11.3. The van der Waals surface area contributed by atoms with E-state index in [4.69, 9.17) is 11.6 Å². The normalized spacial score (nSPS) is 25.2. The van der Waals surface area contributed by atoms with E-state index in [0.717, 1.165) is 12.8 Å². The number of halogens is 1. The molecule has 0 heterocycles. The van der Waals surface area contributed by atoms with Gasteiger partial charge in [0.05, 0.1) is 6.10 Å². The molecule has 0 aromatic carbocycles. The van der Waals surface area contributed by atoms with Gasteiger partial charge in [-0.2, -0.15) is 0 Å². The molecular formula is C8H15ClO3S. The lowest BCUT2D eigenvalue weighted by Gasteiger charge is -2.27. The molecule has 0 amide bonds. The molecule has 2 atom stereocenters. The van der Waals surface area contributed by atoms with Gasteiger partial charge in [-0.3, -0.25) is 0 Å². The molecule has 0 aromatic heterocycles. The van der Waals surface area contributed by atoms with Gasteiger partial charge in [-0.1, -0.05) is 18.5 Å². The molecule has 0 spiro atoms. The van der Waals surface area contributed by atoms with Crippen LogP contribution in [0.5, 0.6) is 0 Å². The summed E-state index contributed by atoms with van der Waals surface area (Å²) < 4.78 is 21.5. The third-order valence-corrected chi connectivity index (χ3v) is 5.73. The van der Waals surface area contributed by atoms with Crippen LogP contribution in [0.1, 0.15) is 26.7 Å². The number of alkyl halides is 1. The Labute approximate surface area is 84.0 Å². The first-order valence-corrected chi connectivity index (χ1v) is 6.45. The first-order valence-electron chi connectivity index (χ1n) is 4.42. The minimum absolute atomic E-state index is 0.0310. The standard InChI is InChI=1S/C8H15ClO3S/c1-3-13(11,12)8(2,9)7(10)6-4-5-6/h6-7,10H,3-5H2,1-2H3/t7-,8+/m1/s1. The van der Waals surface area contributed by atoms with Gasteiger partial charge in [0.25, 0.3) is 0 Å². The van der Waals surface area contributed by atoms with E-state index in [-0.39, 0.29) is 11.7 Å². The van der Waals surface area contributed by atoms with Gasteiger partial charge in [-0.05, 0) is 25.7 Å². The average Bonchev–Trinajstić information content (AvgIpc) is 2.85. The molecule has 0 aliphatic heterocycles. The van der Waals surface area contributed by atoms with Crippen molar-refractivity contribution in [3.63, 3.8) is 0 Å². The van der Waals surface area contributed by atoms with Crippen LogP contribution in [0.25, 0.3) is 0 Å². The third kappa shape index (κ3) is 2.00. The molecule has 1 aliphatic carbocycles. The fourth-order valence-corrected chi connectivity index (χ4v) is 2.93. The highest BCUT2D eigenvalue weighted by Crippen LogP contribution is 2.42. The SMILES string of the molecule is CCS(=O)(=O)[C@](C)(Cl)[C@H](O)C1CC1. The van der Waals surface area contributed by atoms with E-state index in [1.165, 1.54) is 13.8 Å². The van der Waals surface area contributed by atoms with Gasteiger partial charge in [0, 0.05) is 5.75 Å². The third-order valence-electron chi connectivity index (χ3n) is 2.58. The smallest absolute Gasteiger partial charge is 0.171 e. The van der Waals surface area contributed by atoms with Crippen LogP contribution in [0.3, 0.4) is 0 Å². The Morgan fingerprint density at radius 2 is 2.08 bits per heavy atom. The van der Waals surface area contributed by atoms with Crippen LogP contribution in [0.15, 0.2) is 0 Å². The van der Waals surface area contributed by atoms with Crippen molar-refractivity contribution in [3.8, 4) is 0 Å². The summed E-state index contributed by atoms with van der Waals surface area (Å²) in [5.41, 5.74) is 0. The largest absolute Gasteiger partial charge is 0.390 e. The Morgan fingerprint density at radius 3 is 2.38 bits per heavy atom. The summed E-state index contributed by atoms with van der Waals surface area (Å²) in [6.45, 7) is 2.92. The van der Waals surface area contributed by atoms with Crippen molar-refractivity contribution >= 4 is 21.4 Å². The molecule has 1 fully saturated rings. The van der Waals surface area contributed by atoms with Gasteiger partial charge in [0.1, 0.15) is 0 Å². The summed E-state index contributed by atoms with van der Waals surface area (Å²) in [4.78, 5) is 0. The average molecular weight is 227 g/mol. The molecule has 0 radical (unpaired) electrons. The van der Waals surface area contributed by atoms with E-state index < -0.39 is 20.1 Å². The summed E-state index contributed by atoms with van der Waals surface area (Å²) in [5.74, 6) is 0.0420. The summed E-state index contributed by atoms with van der Waals surface area (Å²) in [5, 5.41) is 9.67. The van der Waals surface area contributed by atoms with Crippen molar-refractivity contribution in [1.82, 2.24) is 0 Å². The zero-order valence-corrected chi connectivity index (χ0v) is 9.40. The molecule has 3 nitrogen and oxygen atoms in total. The second-order valence-electron chi connectivity index (χ2n) is 3.67. The van der Waals surface area contributed by atoms with E-state index in [9.17, 15) is 13.5 Å². The highest BCUT2D eigenvalue weighted by molar-refractivity contribution is 7.94. The molecule has 0 saturated heterocycles. The minimum Gasteiger partial charge on any atom is -0.390 e. The van der Waals surface area contributed by atoms with Gasteiger partial charge >= 0.3 is 0 Å². The fourth-order valence-electron chi connectivity index (χ4n) is 1.30. The van der Waals surface area contributed by atoms with Crippen LogP contribution in [0, 0.1) is 5.92 Å². The van der Waals surface area contributed by atoms with Crippen LogP contribution in [-0.2, 0) is 9.84 Å². The highest BCUT2D eigenvalue weighted by Gasteiger charge is 2.49. The summed E-state index contributed by atoms with van der Waals surface area (Å²) >= 11 is 5.88. The molecule has 1 aliphatic rings. The van der Waals surface area contributed by atoms with Crippen LogP contribution >= 0.6 is 11.6 Å². The Morgan fingerprint density at radius 1 is 1.62 bits per heavy atom.